The average Bonchev–Trinajstić information content (AvgIpc) is 2.36. The van der Waals surface area contributed by atoms with Gasteiger partial charge < -0.3 is 10.5 Å². The first-order valence-electron chi connectivity index (χ1n) is 5.86. The molecule has 1 aromatic rings. The Morgan fingerprint density at radius 3 is 2.67 bits per heavy atom. The van der Waals surface area contributed by atoms with Crippen molar-refractivity contribution < 1.29 is 18.3 Å². The Bertz CT molecular complexity index is 456. The van der Waals surface area contributed by atoms with Gasteiger partial charge in [-0.3, -0.25) is 4.79 Å². The van der Waals surface area contributed by atoms with Crippen LogP contribution in [0.3, 0.4) is 0 Å². The number of carbonyl (C=O) groups is 1. The highest BCUT2D eigenvalue weighted by molar-refractivity contribution is 5.90. The standard InChI is InChI=1S/C13H15F2NO2/c14-10-3-1-2-9(12(10)15)8-11(17)13(16)4-6-18-7-5-13/h1-3H,4-8,16H2. The molecule has 0 spiro atoms. The topological polar surface area (TPSA) is 52.3 Å². The van der Waals surface area contributed by atoms with Crippen molar-refractivity contribution in [1.29, 1.82) is 0 Å². The van der Waals surface area contributed by atoms with E-state index in [1.807, 2.05) is 0 Å². The second-order valence-electron chi connectivity index (χ2n) is 4.58. The first kappa shape index (κ1) is 13.1. The minimum absolute atomic E-state index is 0.0521. The van der Waals surface area contributed by atoms with Crippen molar-refractivity contribution in [2.75, 3.05) is 13.2 Å². The summed E-state index contributed by atoms with van der Waals surface area (Å²) in [5, 5.41) is 0. The SMILES string of the molecule is NC1(C(=O)Cc2cccc(F)c2F)CCOCC1. The minimum Gasteiger partial charge on any atom is -0.381 e. The van der Waals surface area contributed by atoms with E-state index in [0.29, 0.717) is 26.1 Å². The molecule has 1 heterocycles. The summed E-state index contributed by atoms with van der Waals surface area (Å²) in [6.07, 6.45) is 0.658. The van der Waals surface area contributed by atoms with E-state index in [1.54, 1.807) is 0 Å². The van der Waals surface area contributed by atoms with Gasteiger partial charge in [-0.25, -0.2) is 8.78 Å². The largest absolute Gasteiger partial charge is 0.381 e. The molecule has 1 aromatic carbocycles. The van der Waals surface area contributed by atoms with Crippen LogP contribution in [0.2, 0.25) is 0 Å². The zero-order valence-electron chi connectivity index (χ0n) is 9.92. The highest BCUT2D eigenvalue weighted by Gasteiger charge is 2.35. The van der Waals surface area contributed by atoms with E-state index in [-0.39, 0.29) is 17.8 Å². The van der Waals surface area contributed by atoms with Gasteiger partial charge in [0.2, 0.25) is 0 Å². The number of nitrogens with two attached hydrogens (primary N) is 1. The van der Waals surface area contributed by atoms with Gasteiger partial charge in [0.05, 0.1) is 5.54 Å². The summed E-state index contributed by atoms with van der Waals surface area (Å²) in [7, 11) is 0. The van der Waals surface area contributed by atoms with Gasteiger partial charge in [-0.05, 0) is 24.5 Å². The van der Waals surface area contributed by atoms with Crippen LogP contribution in [0.25, 0.3) is 0 Å². The molecule has 2 N–H and O–H groups in total. The Kier molecular flexibility index (Phi) is 3.73. The number of ether oxygens (including phenoxy) is 1. The first-order valence-corrected chi connectivity index (χ1v) is 5.86. The molecule has 5 heteroatoms. The van der Waals surface area contributed by atoms with E-state index in [2.05, 4.69) is 0 Å². The normalized spacial score (nSPS) is 18.6. The van der Waals surface area contributed by atoms with Crippen molar-refractivity contribution >= 4 is 5.78 Å². The average molecular weight is 255 g/mol. The van der Waals surface area contributed by atoms with Crippen molar-refractivity contribution in [3.8, 4) is 0 Å². The minimum atomic E-state index is -0.975. The van der Waals surface area contributed by atoms with Gasteiger partial charge in [0.25, 0.3) is 0 Å². The van der Waals surface area contributed by atoms with Gasteiger partial charge in [0, 0.05) is 19.6 Å². The molecule has 1 fully saturated rings. The van der Waals surface area contributed by atoms with Gasteiger partial charge >= 0.3 is 0 Å². The quantitative estimate of drug-likeness (QED) is 0.892. The Morgan fingerprint density at radius 2 is 2.00 bits per heavy atom. The Balaban J connectivity index is 2.13. The molecule has 0 unspecified atom stereocenters. The molecule has 0 aliphatic carbocycles. The summed E-state index contributed by atoms with van der Waals surface area (Å²) in [6.45, 7) is 0.849. The van der Waals surface area contributed by atoms with E-state index in [0.717, 1.165) is 6.07 Å². The van der Waals surface area contributed by atoms with Crippen LogP contribution in [0.15, 0.2) is 18.2 Å². The third kappa shape index (κ3) is 2.57. The number of Topliss-reactive ketones (excluding diaryl/α,β-unsaturated/α-hetero) is 1. The second-order valence-corrected chi connectivity index (χ2v) is 4.58. The van der Waals surface area contributed by atoms with Crippen LogP contribution in [0.1, 0.15) is 18.4 Å². The fourth-order valence-corrected chi connectivity index (χ4v) is 2.05. The van der Waals surface area contributed by atoms with Crippen molar-refractivity contribution in [1.82, 2.24) is 0 Å². The fourth-order valence-electron chi connectivity index (χ4n) is 2.05. The van der Waals surface area contributed by atoms with Gasteiger partial charge in [0.15, 0.2) is 17.4 Å². The number of benzene rings is 1. The zero-order chi connectivity index (χ0) is 13.2. The van der Waals surface area contributed by atoms with Crippen molar-refractivity contribution in [2.24, 2.45) is 5.73 Å². The molecule has 0 saturated carbocycles. The summed E-state index contributed by atoms with van der Waals surface area (Å²) in [5.74, 6) is -2.19. The van der Waals surface area contributed by atoms with Crippen molar-refractivity contribution in [3.05, 3.63) is 35.4 Å². The molecule has 98 valence electrons. The van der Waals surface area contributed by atoms with Gasteiger partial charge in [-0.1, -0.05) is 12.1 Å². The maximum absolute atomic E-state index is 13.5. The van der Waals surface area contributed by atoms with Crippen LogP contribution in [0.4, 0.5) is 8.78 Å². The van der Waals surface area contributed by atoms with E-state index >= 15 is 0 Å². The highest BCUT2D eigenvalue weighted by atomic mass is 19.2. The summed E-state index contributed by atoms with van der Waals surface area (Å²) < 4.78 is 31.6. The number of hydrogen-bond acceptors (Lipinski definition) is 3. The van der Waals surface area contributed by atoms with Crippen LogP contribution in [-0.4, -0.2) is 24.5 Å². The maximum Gasteiger partial charge on any atom is 0.162 e. The van der Waals surface area contributed by atoms with Gasteiger partial charge in [0.1, 0.15) is 0 Å². The molecule has 0 amide bonds. The molecule has 0 radical (unpaired) electrons. The lowest BCUT2D eigenvalue weighted by molar-refractivity contribution is -0.126. The van der Waals surface area contributed by atoms with E-state index in [4.69, 9.17) is 10.5 Å². The van der Waals surface area contributed by atoms with E-state index < -0.39 is 17.2 Å². The van der Waals surface area contributed by atoms with E-state index in [1.165, 1.54) is 12.1 Å². The zero-order valence-corrected chi connectivity index (χ0v) is 9.92. The molecule has 1 aliphatic rings. The molecule has 0 atom stereocenters. The molecule has 2 rings (SSSR count). The summed E-state index contributed by atoms with van der Waals surface area (Å²) >= 11 is 0. The highest BCUT2D eigenvalue weighted by Crippen LogP contribution is 2.22. The van der Waals surface area contributed by atoms with Crippen LogP contribution < -0.4 is 5.73 Å². The number of hydrogen-bond donors (Lipinski definition) is 1. The van der Waals surface area contributed by atoms with Gasteiger partial charge in [-0.15, -0.1) is 0 Å². The van der Waals surface area contributed by atoms with Crippen molar-refractivity contribution in [2.45, 2.75) is 24.8 Å². The summed E-state index contributed by atoms with van der Waals surface area (Å²) in [5.41, 5.74) is 5.07. The number of rotatable bonds is 3. The lowest BCUT2D eigenvalue weighted by Gasteiger charge is -2.31. The molecule has 18 heavy (non-hydrogen) atoms. The molecule has 1 saturated heterocycles. The summed E-state index contributed by atoms with van der Waals surface area (Å²) in [6, 6.07) is 3.81. The first-order chi connectivity index (χ1) is 8.53. The Labute approximate surface area is 104 Å². The van der Waals surface area contributed by atoms with Gasteiger partial charge in [-0.2, -0.15) is 0 Å². The number of carbonyl (C=O) groups excluding carboxylic acids is 1. The third-order valence-corrected chi connectivity index (χ3v) is 3.32. The Morgan fingerprint density at radius 1 is 1.33 bits per heavy atom. The number of ketones is 1. The van der Waals surface area contributed by atoms with Crippen LogP contribution in [0, 0.1) is 11.6 Å². The fraction of sp³-hybridized carbons (Fsp3) is 0.462. The predicted molar refractivity (Wildman–Crippen MR) is 62.0 cm³/mol. The third-order valence-electron chi connectivity index (χ3n) is 3.32. The number of halogens is 2. The molecular formula is C13H15F2NO2. The monoisotopic (exact) mass is 255 g/mol. The molecule has 0 bridgehead atoms. The van der Waals surface area contributed by atoms with E-state index in [9.17, 15) is 13.6 Å². The molecule has 3 nitrogen and oxygen atoms in total. The van der Waals surface area contributed by atoms with Crippen molar-refractivity contribution in [3.63, 3.8) is 0 Å². The molecule has 1 aliphatic heterocycles. The van der Waals surface area contributed by atoms with Crippen LogP contribution in [0.5, 0.6) is 0 Å². The molecule has 0 aromatic heterocycles. The lowest BCUT2D eigenvalue weighted by Crippen LogP contribution is -2.52. The Hall–Kier alpha value is -1.33. The molecular weight excluding hydrogens is 240 g/mol. The second kappa shape index (κ2) is 5.12. The smallest absolute Gasteiger partial charge is 0.162 e. The van der Waals surface area contributed by atoms with Crippen LogP contribution >= 0.6 is 0 Å². The summed E-state index contributed by atoms with van der Waals surface area (Å²) in [4.78, 5) is 12.1. The van der Waals surface area contributed by atoms with Crippen LogP contribution in [-0.2, 0) is 16.0 Å². The maximum atomic E-state index is 13.5. The lowest BCUT2D eigenvalue weighted by atomic mass is 9.84. The predicted octanol–water partition coefficient (Wildman–Crippen LogP) is 1.58.